The predicted molar refractivity (Wildman–Crippen MR) is 163 cm³/mol. The molecule has 0 unspecified atom stereocenters. The van der Waals surface area contributed by atoms with Gasteiger partial charge in [-0.25, -0.2) is 0 Å². The Hall–Kier alpha value is -0.0400. The molecule has 0 fully saturated rings. The monoisotopic (exact) mass is 494 g/mol. The van der Waals surface area contributed by atoms with Gasteiger partial charge in [-0.05, 0) is 46.2 Å². The molecule has 1 nitrogen and oxygen atoms in total. The van der Waals surface area contributed by atoms with Gasteiger partial charge in [-0.3, -0.25) is 4.90 Å². The Morgan fingerprint density at radius 1 is 0.343 bits per heavy atom. The van der Waals surface area contributed by atoms with Crippen LogP contribution in [0.15, 0.2) is 0 Å². The summed E-state index contributed by atoms with van der Waals surface area (Å²) >= 11 is 0. The molecule has 0 aliphatic heterocycles. The lowest BCUT2D eigenvalue weighted by Crippen LogP contribution is -2.45. The van der Waals surface area contributed by atoms with Crippen LogP contribution in [0.4, 0.5) is 0 Å². The molecule has 0 saturated carbocycles. The van der Waals surface area contributed by atoms with Gasteiger partial charge in [0.15, 0.2) is 0 Å². The molecule has 0 amide bonds. The van der Waals surface area contributed by atoms with Crippen molar-refractivity contribution < 1.29 is 0 Å². The Balaban J connectivity index is 4.22. The minimum atomic E-state index is 0.379. The van der Waals surface area contributed by atoms with E-state index in [9.17, 15) is 0 Å². The Kier molecular flexibility index (Phi) is 27.0. The van der Waals surface area contributed by atoms with Gasteiger partial charge in [0, 0.05) is 5.54 Å². The number of unbranched alkanes of at least 4 members (excludes halogenated alkanes) is 22. The summed E-state index contributed by atoms with van der Waals surface area (Å²) in [5, 5.41) is 0. The molecule has 0 N–H and O–H groups in total. The van der Waals surface area contributed by atoms with Gasteiger partial charge in [0.1, 0.15) is 0 Å². The third-order valence-corrected chi connectivity index (χ3v) is 8.31. The summed E-state index contributed by atoms with van der Waals surface area (Å²) in [6.45, 7) is 14.7. The van der Waals surface area contributed by atoms with Gasteiger partial charge in [-0.2, -0.15) is 0 Å². The molecule has 0 atom stereocenters. The van der Waals surface area contributed by atoms with Crippen LogP contribution in [0.1, 0.15) is 202 Å². The molecule has 0 aromatic carbocycles. The van der Waals surface area contributed by atoms with Crippen LogP contribution in [0.25, 0.3) is 0 Å². The SMILES string of the molecule is CCCCCCCCCCCN(CCCCCCCCCCC)C(C)(C)CCCCCCCCC. The van der Waals surface area contributed by atoms with E-state index >= 15 is 0 Å². The second-order valence-electron chi connectivity index (χ2n) is 12.3. The first-order valence-corrected chi connectivity index (χ1v) is 16.8. The summed E-state index contributed by atoms with van der Waals surface area (Å²) in [5.74, 6) is 0. The van der Waals surface area contributed by atoms with Crippen LogP contribution < -0.4 is 0 Å². The van der Waals surface area contributed by atoms with Gasteiger partial charge in [0.2, 0.25) is 0 Å². The zero-order valence-corrected chi connectivity index (χ0v) is 25.7. The normalized spacial score (nSPS) is 12.2. The van der Waals surface area contributed by atoms with E-state index in [0.717, 1.165) is 0 Å². The first-order chi connectivity index (χ1) is 17.1. The lowest BCUT2D eigenvalue weighted by Gasteiger charge is -2.39. The molecule has 0 spiro atoms. The first-order valence-electron chi connectivity index (χ1n) is 16.8. The summed E-state index contributed by atoms with van der Waals surface area (Å²) in [4.78, 5) is 2.90. The Morgan fingerprint density at radius 2 is 0.600 bits per heavy atom. The van der Waals surface area contributed by atoms with Crippen LogP contribution in [-0.2, 0) is 0 Å². The zero-order valence-electron chi connectivity index (χ0n) is 25.7. The van der Waals surface area contributed by atoms with E-state index in [1.54, 1.807) is 0 Å². The highest BCUT2D eigenvalue weighted by molar-refractivity contribution is 4.81. The quantitative estimate of drug-likeness (QED) is 0.0936. The third kappa shape index (κ3) is 24.1. The Labute approximate surface area is 225 Å². The van der Waals surface area contributed by atoms with Crippen LogP contribution >= 0.6 is 0 Å². The molecular formula is C34H71N. The van der Waals surface area contributed by atoms with E-state index < -0.39 is 0 Å². The van der Waals surface area contributed by atoms with E-state index in [1.807, 2.05) is 0 Å². The highest BCUT2D eigenvalue weighted by atomic mass is 15.2. The zero-order chi connectivity index (χ0) is 25.9. The molecular weight excluding hydrogens is 422 g/mol. The van der Waals surface area contributed by atoms with E-state index in [-0.39, 0.29) is 0 Å². The lowest BCUT2D eigenvalue weighted by molar-refractivity contribution is 0.102. The van der Waals surface area contributed by atoms with Gasteiger partial charge in [-0.1, -0.05) is 168 Å². The van der Waals surface area contributed by atoms with Crippen LogP contribution in [0.5, 0.6) is 0 Å². The molecule has 0 rings (SSSR count). The van der Waals surface area contributed by atoms with E-state index in [1.165, 1.54) is 180 Å². The summed E-state index contributed by atoms with van der Waals surface area (Å²) in [6, 6.07) is 0. The van der Waals surface area contributed by atoms with Crippen molar-refractivity contribution in [3.8, 4) is 0 Å². The van der Waals surface area contributed by atoms with Crippen LogP contribution in [0, 0.1) is 0 Å². The van der Waals surface area contributed by atoms with Crippen molar-refractivity contribution in [2.24, 2.45) is 0 Å². The minimum Gasteiger partial charge on any atom is -0.298 e. The topological polar surface area (TPSA) is 3.24 Å². The fraction of sp³-hybridized carbons (Fsp3) is 1.00. The molecule has 0 aromatic rings. The van der Waals surface area contributed by atoms with E-state index in [2.05, 4.69) is 39.5 Å². The smallest absolute Gasteiger partial charge is 0.0153 e. The summed E-state index contributed by atoms with van der Waals surface area (Å²) in [5.41, 5.74) is 0.379. The molecule has 0 heterocycles. The maximum absolute atomic E-state index is 2.90. The average Bonchev–Trinajstić information content (AvgIpc) is 2.84. The molecule has 0 aliphatic carbocycles. The van der Waals surface area contributed by atoms with Gasteiger partial charge < -0.3 is 0 Å². The number of hydrogen-bond donors (Lipinski definition) is 0. The van der Waals surface area contributed by atoms with Crippen molar-refractivity contribution in [3.05, 3.63) is 0 Å². The number of nitrogens with zero attached hydrogens (tertiary/aromatic N) is 1. The lowest BCUT2D eigenvalue weighted by atomic mass is 9.93. The van der Waals surface area contributed by atoms with Crippen LogP contribution in [-0.4, -0.2) is 23.5 Å². The average molecular weight is 494 g/mol. The van der Waals surface area contributed by atoms with Crippen LogP contribution in [0.2, 0.25) is 0 Å². The van der Waals surface area contributed by atoms with E-state index in [4.69, 9.17) is 0 Å². The van der Waals surface area contributed by atoms with Gasteiger partial charge in [-0.15, -0.1) is 0 Å². The number of rotatable bonds is 29. The molecule has 1 heteroatoms. The fourth-order valence-corrected chi connectivity index (χ4v) is 5.62. The first kappa shape index (κ1) is 35.0. The van der Waals surface area contributed by atoms with E-state index in [0.29, 0.717) is 5.54 Å². The third-order valence-electron chi connectivity index (χ3n) is 8.31. The molecule has 0 aliphatic rings. The molecule has 0 radical (unpaired) electrons. The van der Waals surface area contributed by atoms with Crippen molar-refractivity contribution in [2.45, 2.75) is 207 Å². The van der Waals surface area contributed by atoms with Crippen LogP contribution in [0.3, 0.4) is 0 Å². The maximum Gasteiger partial charge on any atom is 0.0153 e. The van der Waals surface area contributed by atoms with Crippen molar-refractivity contribution in [3.63, 3.8) is 0 Å². The highest BCUT2D eigenvalue weighted by Crippen LogP contribution is 2.25. The molecule has 0 bridgehead atoms. The Bertz CT molecular complexity index is 366. The standard InChI is InChI=1S/C34H71N/c1-6-9-12-15-18-20-23-26-29-32-35(33-30-27-24-21-19-16-13-10-7-2)34(4,5)31-28-25-22-17-14-11-8-3/h6-33H2,1-5H3. The minimum absolute atomic E-state index is 0.379. The molecule has 212 valence electrons. The molecule has 0 aromatic heterocycles. The Morgan fingerprint density at radius 3 is 0.914 bits per heavy atom. The van der Waals surface area contributed by atoms with Crippen molar-refractivity contribution in [2.75, 3.05) is 13.1 Å². The second kappa shape index (κ2) is 27.0. The highest BCUT2D eigenvalue weighted by Gasteiger charge is 2.25. The molecule has 0 saturated heterocycles. The predicted octanol–water partition coefficient (Wildman–Crippen LogP) is 12.3. The van der Waals surface area contributed by atoms with Gasteiger partial charge in [0.05, 0.1) is 0 Å². The summed E-state index contributed by atoms with van der Waals surface area (Å²) in [6.07, 6.45) is 37.3. The second-order valence-corrected chi connectivity index (χ2v) is 12.3. The van der Waals surface area contributed by atoms with Gasteiger partial charge >= 0.3 is 0 Å². The number of hydrogen-bond acceptors (Lipinski definition) is 1. The van der Waals surface area contributed by atoms with Crippen molar-refractivity contribution in [1.29, 1.82) is 0 Å². The summed E-state index contributed by atoms with van der Waals surface area (Å²) < 4.78 is 0. The van der Waals surface area contributed by atoms with Crippen molar-refractivity contribution >= 4 is 0 Å². The van der Waals surface area contributed by atoms with Crippen molar-refractivity contribution in [1.82, 2.24) is 4.90 Å². The fourth-order valence-electron chi connectivity index (χ4n) is 5.62. The molecule has 35 heavy (non-hydrogen) atoms. The largest absolute Gasteiger partial charge is 0.298 e. The van der Waals surface area contributed by atoms with Gasteiger partial charge in [0.25, 0.3) is 0 Å². The summed E-state index contributed by atoms with van der Waals surface area (Å²) in [7, 11) is 0. The maximum atomic E-state index is 2.90.